The highest BCUT2D eigenvalue weighted by Gasteiger charge is 2.19. The van der Waals surface area contributed by atoms with Gasteiger partial charge in [0.25, 0.3) is 5.89 Å². The van der Waals surface area contributed by atoms with Crippen LogP contribution >= 0.6 is 11.5 Å². The number of hydrogen-bond acceptors (Lipinski definition) is 7. The van der Waals surface area contributed by atoms with Crippen LogP contribution in [0.3, 0.4) is 0 Å². The number of hydrogen-bond donors (Lipinski definition) is 1. The second-order valence-corrected chi connectivity index (χ2v) is 4.60. The van der Waals surface area contributed by atoms with Gasteiger partial charge in [-0.2, -0.15) is 9.36 Å². The molecule has 0 amide bonds. The summed E-state index contributed by atoms with van der Waals surface area (Å²) in [6, 6.07) is 0. The van der Waals surface area contributed by atoms with E-state index in [-0.39, 0.29) is 0 Å². The molecule has 0 unspecified atom stereocenters. The highest BCUT2D eigenvalue weighted by molar-refractivity contribution is 7.10. The molecule has 18 heavy (non-hydrogen) atoms. The van der Waals surface area contributed by atoms with Crippen LogP contribution in [0.1, 0.15) is 5.69 Å². The number of nitrogens with zero attached hydrogens (tertiary/aromatic N) is 5. The molecule has 0 spiro atoms. The summed E-state index contributed by atoms with van der Waals surface area (Å²) < 4.78 is 11.2. The Morgan fingerprint density at radius 1 is 1.44 bits per heavy atom. The third-order valence-electron chi connectivity index (χ3n) is 2.55. The van der Waals surface area contributed by atoms with Gasteiger partial charge in [0.15, 0.2) is 5.82 Å². The standard InChI is InChI=1S/C10H10N6OS/c1-5-6(7(11)18-15-5)10-13-8(14-17-10)9-12-3-4-16(9)2/h3-4H,11H2,1-2H3. The largest absolute Gasteiger partial charge is 0.389 e. The summed E-state index contributed by atoms with van der Waals surface area (Å²) in [6.45, 7) is 1.85. The fourth-order valence-corrected chi connectivity index (χ4v) is 2.30. The van der Waals surface area contributed by atoms with Gasteiger partial charge in [-0.25, -0.2) is 4.98 Å². The highest BCUT2D eigenvalue weighted by Crippen LogP contribution is 2.31. The molecule has 0 aromatic carbocycles. The predicted molar refractivity (Wildman–Crippen MR) is 66.8 cm³/mol. The van der Waals surface area contributed by atoms with Crippen LogP contribution in [0, 0.1) is 6.92 Å². The van der Waals surface area contributed by atoms with Crippen molar-refractivity contribution < 1.29 is 4.52 Å². The first kappa shape index (κ1) is 10.9. The Morgan fingerprint density at radius 2 is 2.28 bits per heavy atom. The van der Waals surface area contributed by atoms with Crippen LogP contribution in [-0.2, 0) is 7.05 Å². The van der Waals surface area contributed by atoms with Gasteiger partial charge < -0.3 is 14.8 Å². The Balaban J connectivity index is 2.08. The predicted octanol–water partition coefficient (Wildman–Crippen LogP) is 1.48. The molecule has 0 atom stereocenters. The third-order valence-corrected chi connectivity index (χ3v) is 3.32. The number of rotatable bonds is 2. The van der Waals surface area contributed by atoms with E-state index in [0.717, 1.165) is 5.69 Å². The first-order chi connectivity index (χ1) is 8.66. The summed E-state index contributed by atoms with van der Waals surface area (Å²) >= 11 is 1.21. The summed E-state index contributed by atoms with van der Waals surface area (Å²) in [4.78, 5) is 8.46. The molecule has 0 aliphatic heterocycles. The van der Waals surface area contributed by atoms with Crippen molar-refractivity contribution in [3.63, 3.8) is 0 Å². The number of nitrogens with two attached hydrogens (primary N) is 1. The lowest BCUT2D eigenvalue weighted by Crippen LogP contribution is -1.93. The molecule has 0 saturated heterocycles. The molecule has 0 aliphatic rings. The van der Waals surface area contributed by atoms with E-state index in [0.29, 0.717) is 28.1 Å². The molecule has 2 N–H and O–H groups in total. The molecule has 3 rings (SSSR count). The first-order valence-corrected chi connectivity index (χ1v) is 5.97. The molecule has 0 fully saturated rings. The number of aromatic nitrogens is 5. The smallest absolute Gasteiger partial charge is 0.263 e. The molecule has 92 valence electrons. The molecule has 0 bridgehead atoms. The molecular weight excluding hydrogens is 252 g/mol. The van der Waals surface area contributed by atoms with Crippen LogP contribution < -0.4 is 5.73 Å². The van der Waals surface area contributed by atoms with Gasteiger partial charge in [-0.1, -0.05) is 5.16 Å². The molecule has 0 aliphatic carbocycles. The lowest BCUT2D eigenvalue weighted by Gasteiger charge is -1.93. The van der Waals surface area contributed by atoms with Crippen molar-refractivity contribution in [3.05, 3.63) is 18.1 Å². The Morgan fingerprint density at radius 3 is 2.89 bits per heavy atom. The lowest BCUT2D eigenvalue weighted by molar-refractivity contribution is 0.431. The van der Waals surface area contributed by atoms with E-state index in [4.69, 9.17) is 10.3 Å². The third kappa shape index (κ3) is 1.58. The van der Waals surface area contributed by atoms with Gasteiger partial charge in [-0.15, -0.1) is 0 Å². The second-order valence-electron chi connectivity index (χ2n) is 3.79. The summed E-state index contributed by atoms with van der Waals surface area (Å²) in [5.74, 6) is 1.45. The summed E-state index contributed by atoms with van der Waals surface area (Å²) in [7, 11) is 1.87. The summed E-state index contributed by atoms with van der Waals surface area (Å²) in [6.07, 6.45) is 3.49. The molecule has 8 heteroatoms. The quantitative estimate of drug-likeness (QED) is 0.751. The normalized spacial score (nSPS) is 11.0. The second kappa shape index (κ2) is 3.91. The number of aryl methyl sites for hydroxylation is 2. The Bertz CT molecular complexity index is 677. The molecule has 3 aromatic heterocycles. The Kier molecular flexibility index (Phi) is 2.37. The minimum absolute atomic E-state index is 0.372. The van der Waals surface area contributed by atoms with Gasteiger partial charge in [0, 0.05) is 19.4 Å². The van der Waals surface area contributed by atoms with Gasteiger partial charge in [-0.3, -0.25) is 0 Å². The number of nitrogen functional groups attached to an aromatic ring is 1. The molecule has 3 aromatic rings. The van der Waals surface area contributed by atoms with Crippen LogP contribution in [-0.4, -0.2) is 24.1 Å². The fraction of sp³-hybridized carbons (Fsp3) is 0.200. The van der Waals surface area contributed by atoms with Crippen LogP contribution in [0.25, 0.3) is 23.1 Å². The van der Waals surface area contributed by atoms with Crippen molar-refractivity contribution in [2.24, 2.45) is 7.05 Å². The van der Waals surface area contributed by atoms with Gasteiger partial charge >= 0.3 is 0 Å². The monoisotopic (exact) mass is 262 g/mol. The average Bonchev–Trinajstić information content (AvgIpc) is 3.00. The average molecular weight is 262 g/mol. The van der Waals surface area contributed by atoms with Crippen LogP contribution in [0.4, 0.5) is 5.00 Å². The SMILES string of the molecule is Cc1nsc(N)c1-c1nc(-c2nccn2C)no1. The van der Waals surface area contributed by atoms with Crippen molar-refractivity contribution in [3.8, 4) is 23.1 Å². The first-order valence-electron chi connectivity index (χ1n) is 5.20. The highest BCUT2D eigenvalue weighted by atomic mass is 32.1. The van der Waals surface area contributed by atoms with E-state index < -0.39 is 0 Å². The summed E-state index contributed by atoms with van der Waals surface area (Å²) in [5.41, 5.74) is 7.33. The number of imidazole rings is 1. The summed E-state index contributed by atoms with van der Waals surface area (Å²) in [5, 5.41) is 4.48. The van der Waals surface area contributed by atoms with Crippen molar-refractivity contribution >= 4 is 16.5 Å². The zero-order chi connectivity index (χ0) is 12.7. The van der Waals surface area contributed by atoms with Crippen LogP contribution in [0.5, 0.6) is 0 Å². The van der Waals surface area contributed by atoms with Gasteiger partial charge in [0.1, 0.15) is 5.00 Å². The van der Waals surface area contributed by atoms with Crippen molar-refractivity contribution in [1.82, 2.24) is 24.1 Å². The minimum Gasteiger partial charge on any atom is -0.389 e. The maximum Gasteiger partial charge on any atom is 0.263 e. The number of anilines is 1. The lowest BCUT2D eigenvalue weighted by atomic mass is 10.2. The molecule has 0 radical (unpaired) electrons. The van der Waals surface area contributed by atoms with Crippen molar-refractivity contribution in [2.75, 3.05) is 5.73 Å². The van der Waals surface area contributed by atoms with E-state index in [1.165, 1.54) is 11.5 Å². The van der Waals surface area contributed by atoms with E-state index in [2.05, 4.69) is 19.5 Å². The topological polar surface area (TPSA) is 95.7 Å². The van der Waals surface area contributed by atoms with Gasteiger partial charge in [-0.05, 0) is 18.5 Å². The van der Waals surface area contributed by atoms with Crippen molar-refractivity contribution in [1.29, 1.82) is 0 Å². The molecule has 0 saturated carbocycles. The Hall–Kier alpha value is -2.22. The Labute approximate surface area is 106 Å². The fourth-order valence-electron chi connectivity index (χ4n) is 1.64. The zero-order valence-corrected chi connectivity index (χ0v) is 10.6. The van der Waals surface area contributed by atoms with Crippen LogP contribution in [0.15, 0.2) is 16.9 Å². The van der Waals surface area contributed by atoms with E-state index in [1.54, 1.807) is 6.20 Å². The van der Waals surface area contributed by atoms with Gasteiger partial charge in [0.2, 0.25) is 5.82 Å². The zero-order valence-electron chi connectivity index (χ0n) is 9.78. The van der Waals surface area contributed by atoms with Crippen LogP contribution in [0.2, 0.25) is 0 Å². The van der Waals surface area contributed by atoms with E-state index in [1.807, 2.05) is 24.7 Å². The molecular formula is C10H10N6OS. The molecule has 3 heterocycles. The maximum absolute atomic E-state index is 5.84. The van der Waals surface area contributed by atoms with E-state index in [9.17, 15) is 0 Å². The van der Waals surface area contributed by atoms with Crippen molar-refractivity contribution in [2.45, 2.75) is 6.92 Å². The molecule has 7 nitrogen and oxygen atoms in total. The minimum atomic E-state index is 0.372. The van der Waals surface area contributed by atoms with E-state index >= 15 is 0 Å². The maximum atomic E-state index is 5.84. The van der Waals surface area contributed by atoms with Gasteiger partial charge in [0.05, 0.1) is 11.3 Å².